The van der Waals surface area contributed by atoms with Gasteiger partial charge in [-0.2, -0.15) is 0 Å². The quantitative estimate of drug-likeness (QED) is 0.216. The number of hydrogen-bond acceptors (Lipinski definition) is 0. The van der Waals surface area contributed by atoms with E-state index in [1.54, 1.807) is 0 Å². The standard InChI is InChI=1S/C32H23N.C7H8/c1-20-9-3-4-10-24(20)27-17-22(16-15-21(27)2)23-18-28-25-11-5-7-13-30(25)33-31-14-8-6-12-26(31)29(19-23)32(28)33;1-7-5-3-2-4-6-7/h3-19H,1-2H3;2-6H,1H3. The van der Waals surface area contributed by atoms with Crippen molar-refractivity contribution in [1.29, 1.82) is 0 Å². The van der Waals surface area contributed by atoms with Crippen molar-refractivity contribution < 1.29 is 0 Å². The number of aryl methyl sites for hydroxylation is 3. The minimum absolute atomic E-state index is 1.26. The number of aromatic nitrogens is 1. The number of hydrogen-bond donors (Lipinski definition) is 0. The highest BCUT2D eigenvalue weighted by molar-refractivity contribution is 6.24. The third-order valence-corrected chi connectivity index (χ3v) is 8.15. The van der Waals surface area contributed by atoms with Crippen LogP contribution in [0.15, 0.2) is 133 Å². The van der Waals surface area contributed by atoms with Gasteiger partial charge in [0.1, 0.15) is 0 Å². The maximum Gasteiger partial charge on any atom is 0.0620 e. The Kier molecular flexibility index (Phi) is 5.86. The van der Waals surface area contributed by atoms with Gasteiger partial charge in [0.25, 0.3) is 0 Å². The molecule has 1 heteroatoms. The van der Waals surface area contributed by atoms with Crippen LogP contribution < -0.4 is 0 Å². The van der Waals surface area contributed by atoms with Crippen molar-refractivity contribution in [3.8, 4) is 22.3 Å². The summed E-state index contributed by atoms with van der Waals surface area (Å²) in [6.07, 6.45) is 0. The fourth-order valence-electron chi connectivity index (χ4n) is 6.12. The van der Waals surface area contributed by atoms with Gasteiger partial charge >= 0.3 is 0 Å². The molecule has 6 aromatic carbocycles. The molecule has 2 heterocycles. The number of fused-ring (bicyclic) bond motifs is 6. The van der Waals surface area contributed by atoms with Crippen LogP contribution in [0.5, 0.6) is 0 Å². The van der Waals surface area contributed by atoms with Gasteiger partial charge in [0.15, 0.2) is 0 Å². The first-order chi connectivity index (χ1) is 19.6. The SMILES string of the molecule is Cc1ccccc1.Cc1ccccc1-c1cc(-c2cc3c4ccccc4n4c5ccccc5c(c2)c34)ccc1C. The summed E-state index contributed by atoms with van der Waals surface area (Å²) < 4.78 is 2.44. The summed E-state index contributed by atoms with van der Waals surface area (Å²) in [4.78, 5) is 0. The van der Waals surface area contributed by atoms with E-state index in [4.69, 9.17) is 0 Å². The van der Waals surface area contributed by atoms with Gasteiger partial charge in [-0.25, -0.2) is 0 Å². The Morgan fingerprint density at radius 1 is 0.400 bits per heavy atom. The van der Waals surface area contributed by atoms with Crippen molar-refractivity contribution in [3.05, 3.63) is 150 Å². The first-order valence-electron chi connectivity index (χ1n) is 14.0. The monoisotopic (exact) mass is 513 g/mol. The van der Waals surface area contributed by atoms with Crippen LogP contribution in [0, 0.1) is 20.8 Å². The van der Waals surface area contributed by atoms with Crippen molar-refractivity contribution in [1.82, 2.24) is 4.40 Å². The molecule has 8 rings (SSSR count). The van der Waals surface area contributed by atoms with Gasteiger partial charge in [0, 0.05) is 21.5 Å². The van der Waals surface area contributed by atoms with Gasteiger partial charge in [-0.1, -0.05) is 109 Å². The van der Waals surface area contributed by atoms with Crippen LogP contribution in [0.1, 0.15) is 16.7 Å². The summed E-state index contributed by atoms with van der Waals surface area (Å²) in [5.74, 6) is 0. The molecule has 1 nitrogen and oxygen atoms in total. The van der Waals surface area contributed by atoms with E-state index in [9.17, 15) is 0 Å². The van der Waals surface area contributed by atoms with E-state index >= 15 is 0 Å². The van der Waals surface area contributed by atoms with Crippen LogP contribution >= 0.6 is 0 Å². The third-order valence-electron chi connectivity index (χ3n) is 8.15. The minimum Gasteiger partial charge on any atom is -0.308 e. The lowest BCUT2D eigenvalue weighted by molar-refractivity contribution is 1.37. The molecule has 0 unspecified atom stereocenters. The van der Waals surface area contributed by atoms with Crippen molar-refractivity contribution in [3.63, 3.8) is 0 Å². The zero-order chi connectivity index (χ0) is 27.2. The largest absolute Gasteiger partial charge is 0.308 e. The summed E-state index contributed by atoms with van der Waals surface area (Å²) in [6.45, 7) is 6.48. The van der Waals surface area contributed by atoms with Crippen LogP contribution in [-0.4, -0.2) is 4.40 Å². The van der Waals surface area contributed by atoms with Gasteiger partial charge in [0.2, 0.25) is 0 Å². The zero-order valence-electron chi connectivity index (χ0n) is 23.1. The predicted molar refractivity (Wildman–Crippen MR) is 173 cm³/mol. The summed E-state index contributed by atoms with van der Waals surface area (Å²) in [5, 5.41) is 5.28. The Hall–Kier alpha value is -4.88. The number of benzene rings is 6. The average Bonchev–Trinajstić information content (AvgIpc) is 3.50. The van der Waals surface area contributed by atoms with Crippen LogP contribution in [0.2, 0.25) is 0 Å². The molecule has 40 heavy (non-hydrogen) atoms. The van der Waals surface area contributed by atoms with Crippen LogP contribution in [0.3, 0.4) is 0 Å². The fourth-order valence-corrected chi connectivity index (χ4v) is 6.12. The summed E-state index contributed by atoms with van der Waals surface area (Å²) in [5.41, 5.74) is 13.0. The number of nitrogens with zero attached hydrogens (tertiary/aromatic N) is 1. The van der Waals surface area contributed by atoms with Crippen LogP contribution in [-0.2, 0) is 0 Å². The molecule has 0 atom stereocenters. The molecule has 0 spiro atoms. The maximum atomic E-state index is 2.44. The van der Waals surface area contributed by atoms with E-state index in [2.05, 4.69) is 140 Å². The van der Waals surface area contributed by atoms with Crippen LogP contribution in [0.25, 0.3) is 60.3 Å². The third kappa shape index (κ3) is 3.94. The van der Waals surface area contributed by atoms with E-state index in [1.807, 2.05) is 18.2 Å². The highest BCUT2D eigenvalue weighted by atomic mass is 14.9. The molecule has 0 saturated carbocycles. The van der Waals surface area contributed by atoms with E-state index in [0.717, 1.165) is 0 Å². The summed E-state index contributed by atoms with van der Waals surface area (Å²) >= 11 is 0. The normalized spacial score (nSPS) is 11.4. The molecule has 0 bridgehead atoms. The Balaban J connectivity index is 0.000000333. The van der Waals surface area contributed by atoms with Gasteiger partial charge in [-0.05, 0) is 84.5 Å². The molecule has 0 aliphatic carbocycles. The molecule has 192 valence electrons. The van der Waals surface area contributed by atoms with Gasteiger partial charge < -0.3 is 4.40 Å². The van der Waals surface area contributed by atoms with Gasteiger partial charge in [0.05, 0.1) is 16.6 Å². The second-order valence-electron chi connectivity index (χ2n) is 10.8. The average molecular weight is 514 g/mol. The lowest BCUT2D eigenvalue weighted by Crippen LogP contribution is -1.88. The number of para-hydroxylation sites is 2. The number of rotatable bonds is 2. The Morgan fingerprint density at radius 2 is 0.950 bits per heavy atom. The molecular weight excluding hydrogens is 482 g/mol. The minimum atomic E-state index is 1.26. The molecule has 0 saturated heterocycles. The highest BCUT2D eigenvalue weighted by Crippen LogP contribution is 2.42. The molecule has 2 aromatic heterocycles. The molecular formula is C39H31N. The molecule has 0 fully saturated rings. The van der Waals surface area contributed by atoms with E-state index in [1.165, 1.54) is 77.0 Å². The predicted octanol–water partition coefficient (Wildman–Crippen LogP) is 10.8. The first-order valence-corrected chi connectivity index (χ1v) is 14.0. The van der Waals surface area contributed by atoms with Gasteiger partial charge in [-0.3, -0.25) is 0 Å². The molecule has 0 aliphatic rings. The molecule has 0 amide bonds. The topological polar surface area (TPSA) is 4.41 Å². The molecule has 8 aromatic rings. The molecule has 0 aliphatic heterocycles. The fraction of sp³-hybridized carbons (Fsp3) is 0.0769. The van der Waals surface area contributed by atoms with E-state index in [-0.39, 0.29) is 0 Å². The highest BCUT2D eigenvalue weighted by Gasteiger charge is 2.18. The summed E-state index contributed by atoms with van der Waals surface area (Å²) in [7, 11) is 0. The van der Waals surface area contributed by atoms with Crippen molar-refractivity contribution in [2.75, 3.05) is 0 Å². The smallest absolute Gasteiger partial charge is 0.0620 e. The van der Waals surface area contributed by atoms with E-state index < -0.39 is 0 Å². The molecule has 0 radical (unpaired) electrons. The molecule has 0 N–H and O–H groups in total. The lowest BCUT2D eigenvalue weighted by Gasteiger charge is -2.12. The Labute approximate surface area is 235 Å². The summed E-state index contributed by atoms with van der Waals surface area (Å²) in [6, 6.07) is 48.2. The first kappa shape index (κ1) is 24.2. The second-order valence-corrected chi connectivity index (χ2v) is 10.8. The second kappa shape index (κ2) is 9.70. The Morgan fingerprint density at radius 3 is 1.55 bits per heavy atom. The van der Waals surface area contributed by atoms with Crippen LogP contribution in [0.4, 0.5) is 0 Å². The van der Waals surface area contributed by atoms with E-state index in [0.29, 0.717) is 0 Å². The van der Waals surface area contributed by atoms with Crippen molar-refractivity contribution in [2.24, 2.45) is 0 Å². The van der Waals surface area contributed by atoms with Gasteiger partial charge in [-0.15, -0.1) is 0 Å². The van der Waals surface area contributed by atoms with Crippen molar-refractivity contribution in [2.45, 2.75) is 20.8 Å². The Bertz CT molecular complexity index is 2050. The van der Waals surface area contributed by atoms with Crippen molar-refractivity contribution >= 4 is 38.1 Å². The zero-order valence-corrected chi connectivity index (χ0v) is 23.1. The lowest BCUT2D eigenvalue weighted by atomic mass is 9.92. The maximum absolute atomic E-state index is 2.44.